The first-order valence-electron chi connectivity index (χ1n) is 10.4. The van der Waals surface area contributed by atoms with Gasteiger partial charge in [0, 0.05) is 31.7 Å². The lowest BCUT2D eigenvalue weighted by Crippen LogP contribution is -2.63. The van der Waals surface area contributed by atoms with Crippen LogP contribution in [0.1, 0.15) is 58.1 Å². The number of rotatable bonds is 11. The lowest BCUT2D eigenvalue weighted by molar-refractivity contribution is -0.113. The van der Waals surface area contributed by atoms with Crippen molar-refractivity contribution in [1.29, 1.82) is 0 Å². The highest BCUT2D eigenvalue weighted by Crippen LogP contribution is 2.42. The molecule has 29 heavy (non-hydrogen) atoms. The number of unbranched alkanes of at least 4 members (excludes halogenated alkanes) is 1. The monoisotopic (exact) mass is 538 g/mol. The van der Waals surface area contributed by atoms with E-state index in [1.165, 1.54) is 6.42 Å². The number of aromatic nitrogens is 3. The molecule has 0 saturated heterocycles. The number of aryl methyl sites for hydroxylation is 1. The van der Waals surface area contributed by atoms with Gasteiger partial charge >= 0.3 is 0 Å². The molecule has 2 rings (SSSR count). The van der Waals surface area contributed by atoms with E-state index in [4.69, 9.17) is 9.73 Å². The predicted octanol–water partition coefficient (Wildman–Crippen LogP) is 3.51. The Morgan fingerprint density at radius 1 is 1.34 bits per heavy atom. The standard InChI is InChI=1S/C20H38N6OS.HI/c1-7-8-11-27-17-13-16(20(17,3)4)23-19(21-10-9-12-28-6)22-14-18-25-24-15(2)26(18)5;/h16-17H,7-14H2,1-6H3,(H2,21,22,23);1H. The normalized spacial score (nSPS) is 20.7. The Balaban J connectivity index is 0.00000420. The molecule has 0 spiro atoms. The van der Waals surface area contributed by atoms with Gasteiger partial charge in [0.25, 0.3) is 0 Å². The first kappa shape index (κ1) is 26.5. The third kappa shape index (κ3) is 7.57. The van der Waals surface area contributed by atoms with E-state index >= 15 is 0 Å². The Kier molecular flexibility index (Phi) is 11.9. The molecule has 0 bridgehead atoms. The van der Waals surface area contributed by atoms with Gasteiger partial charge in [-0.2, -0.15) is 11.8 Å². The highest BCUT2D eigenvalue weighted by atomic mass is 127. The summed E-state index contributed by atoms with van der Waals surface area (Å²) in [5, 5.41) is 15.5. The van der Waals surface area contributed by atoms with Crippen LogP contribution in [0.25, 0.3) is 0 Å². The average molecular weight is 539 g/mol. The molecule has 1 aromatic rings. The van der Waals surface area contributed by atoms with Gasteiger partial charge in [-0.05, 0) is 38.2 Å². The van der Waals surface area contributed by atoms with Crippen LogP contribution in [0.5, 0.6) is 0 Å². The van der Waals surface area contributed by atoms with Gasteiger partial charge < -0.3 is 19.9 Å². The summed E-state index contributed by atoms with van der Waals surface area (Å²) in [6, 6.07) is 0.354. The summed E-state index contributed by atoms with van der Waals surface area (Å²) < 4.78 is 8.07. The number of halogens is 1. The van der Waals surface area contributed by atoms with Crippen LogP contribution in [0.4, 0.5) is 0 Å². The molecule has 2 N–H and O–H groups in total. The van der Waals surface area contributed by atoms with E-state index in [2.05, 4.69) is 47.9 Å². The van der Waals surface area contributed by atoms with Crippen molar-refractivity contribution in [3.05, 3.63) is 11.6 Å². The van der Waals surface area contributed by atoms with Crippen LogP contribution in [0.2, 0.25) is 0 Å². The Bertz CT molecular complexity index is 636. The molecule has 1 aliphatic carbocycles. The molecule has 0 aliphatic heterocycles. The first-order valence-corrected chi connectivity index (χ1v) is 11.8. The zero-order valence-corrected chi connectivity index (χ0v) is 22.0. The number of aliphatic imine (C=N–C) groups is 1. The van der Waals surface area contributed by atoms with E-state index in [9.17, 15) is 0 Å². The zero-order chi connectivity index (χ0) is 20.6. The fraction of sp³-hybridized carbons (Fsp3) is 0.850. The smallest absolute Gasteiger partial charge is 0.191 e. The Hall–Kier alpha value is -0.550. The minimum absolute atomic E-state index is 0. The van der Waals surface area contributed by atoms with E-state index in [-0.39, 0.29) is 29.4 Å². The fourth-order valence-corrected chi connectivity index (χ4v) is 3.70. The number of hydrogen-bond donors (Lipinski definition) is 2. The lowest BCUT2D eigenvalue weighted by atomic mass is 9.64. The minimum Gasteiger partial charge on any atom is -0.378 e. The number of hydrogen-bond acceptors (Lipinski definition) is 5. The first-order chi connectivity index (χ1) is 13.4. The summed E-state index contributed by atoms with van der Waals surface area (Å²) >= 11 is 1.87. The summed E-state index contributed by atoms with van der Waals surface area (Å²) in [6.07, 6.45) is 6.89. The van der Waals surface area contributed by atoms with Gasteiger partial charge in [0.2, 0.25) is 0 Å². The molecular formula is C20H39IN6OS. The summed E-state index contributed by atoms with van der Waals surface area (Å²) in [7, 11) is 1.98. The van der Waals surface area contributed by atoms with Crippen molar-refractivity contribution in [2.24, 2.45) is 17.5 Å². The van der Waals surface area contributed by atoms with Crippen LogP contribution < -0.4 is 10.6 Å². The molecule has 0 amide bonds. The number of thioether (sulfide) groups is 1. The van der Waals surface area contributed by atoms with Crippen LogP contribution in [-0.2, 0) is 18.3 Å². The van der Waals surface area contributed by atoms with Crippen molar-refractivity contribution >= 4 is 41.7 Å². The second kappa shape index (κ2) is 13.0. The zero-order valence-electron chi connectivity index (χ0n) is 18.8. The third-order valence-corrected chi connectivity index (χ3v) is 6.38. The van der Waals surface area contributed by atoms with E-state index < -0.39 is 0 Å². The van der Waals surface area contributed by atoms with Crippen LogP contribution >= 0.6 is 35.7 Å². The maximum absolute atomic E-state index is 6.08. The maximum atomic E-state index is 6.08. The van der Waals surface area contributed by atoms with Crippen molar-refractivity contribution in [3.8, 4) is 0 Å². The van der Waals surface area contributed by atoms with Crippen molar-refractivity contribution in [2.45, 2.75) is 72.1 Å². The van der Waals surface area contributed by atoms with E-state index in [0.29, 0.717) is 18.7 Å². The van der Waals surface area contributed by atoms with E-state index in [1.807, 2.05) is 30.3 Å². The van der Waals surface area contributed by atoms with E-state index in [0.717, 1.165) is 55.8 Å². The summed E-state index contributed by atoms with van der Waals surface area (Å²) in [5.74, 6) is 3.77. The SMILES string of the molecule is CCCCOC1CC(NC(=NCc2nnc(C)n2C)NCCCSC)C1(C)C.I. The maximum Gasteiger partial charge on any atom is 0.191 e. The fourth-order valence-electron chi connectivity index (χ4n) is 3.26. The Labute approximate surface area is 197 Å². The molecule has 0 aromatic carbocycles. The second-order valence-corrected chi connectivity index (χ2v) is 9.11. The lowest BCUT2D eigenvalue weighted by Gasteiger charge is -2.52. The average Bonchev–Trinajstić information content (AvgIpc) is 2.99. The highest BCUT2D eigenvalue weighted by Gasteiger charge is 2.49. The van der Waals surface area contributed by atoms with Crippen LogP contribution in [0, 0.1) is 12.3 Å². The highest BCUT2D eigenvalue weighted by molar-refractivity contribution is 14.0. The molecular weight excluding hydrogens is 499 g/mol. The molecule has 1 saturated carbocycles. The molecule has 9 heteroatoms. The Morgan fingerprint density at radius 2 is 2.10 bits per heavy atom. The van der Waals surface area contributed by atoms with Gasteiger partial charge in [-0.1, -0.05) is 27.2 Å². The number of nitrogens with zero attached hydrogens (tertiary/aromatic N) is 4. The second-order valence-electron chi connectivity index (χ2n) is 8.13. The molecule has 2 atom stereocenters. The van der Waals surface area contributed by atoms with Gasteiger partial charge in [0.1, 0.15) is 12.4 Å². The van der Waals surface area contributed by atoms with Crippen molar-refractivity contribution in [1.82, 2.24) is 25.4 Å². The molecule has 1 aliphatic rings. The number of ether oxygens (including phenoxy) is 1. The van der Waals surface area contributed by atoms with Crippen LogP contribution in [0.3, 0.4) is 0 Å². The summed E-state index contributed by atoms with van der Waals surface area (Å²) in [5.41, 5.74) is 0.0941. The molecule has 1 heterocycles. The van der Waals surface area contributed by atoms with Crippen LogP contribution in [-0.4, -0.2) is 58.0 Å². The van der Waals surface area contributed by atoms with Crippen molar-refractivity contribution < 1.29 is 4.74 Å². The third-order valence-electron chi connectivity index (χ3n) is 5.68. The predicted molar refractivity (Wildman–Crippen MR) is 133 cm³/mol. The van der Waals surface area contributed by atoms with Gasteiger partial charge in [-0.15, -0.1) is 34.2 Å². The summed E-state index contributed by atoms with van der Waals surface area (Å²) in [6.45, 7) is 11.0. The molecule has 1 fully saturated rings. The van der Waals surface area contributed by atoms with Gasteiger partial charge in [0.05, 0.1) is 6.10 Å². The van der Waals surface area contributed by atoms with Gasteiger partial charge in [-0.3, -0.25) is 0 Å². The largest absolute Gasteiger partial charge is 0.378 e. The van der Waals surface area contributed by atoms with Gasteiger partial charge in [0.15, 0.2) is 11.8 Å². The summed E-state index contributed by atoms with van der Waals surface area (Å²) in [4.78, 5) is 4.78. The minimum atomic E-state index is 0. The van der Waals surface area contributed by atoms with Gasteiger partial charge in [-0.25, -0.2) is 4.99 Å². The number of guanidine groups is 1. The quantitative estimate of drug-likeness (QED) is 0.194. The van der Waals surface area contributed by atoms with E-state index in [1.54, 1.807) is 0 Å². The van der Waals surface area contributed by atoms with Crippen molar-refractivity contribution in [3.63, 3.8) is 0 Å². The molecule has 2 unspecified atom stereocenters. The number of nitrogens with one attached hydrogen (secondary N) is 2. The molecule has 0 radical (unpaired) electrons. The van der Waals surface area contributed by atoms with Crippen LogP contribution in [0.15, 0.2) is 4.99 Å². The Morgan fingerprint density at radius 3 is 2.69 bits per heavy atom. The van der Waals surface area contributed by atoms with Crippen molar-refractivity contribution in [2.75, 3.05) is 25.2 Å². The topological polar surface area (TPSA) is 76.4 Å². The molecule has 7 nitrogen and oxygen atoms in total. The molecule has 168 valence electrons. The molecule has 1 aromatic heterocycles.